The van der Waals surface area contributed by atoms with Crippen molar-refractivity contribution in [3.05, 3.63) is 24.3 Å². The summed E-state index contributed by atoms with van der Waals surface area (Å²) in [6.07, 6.45) is 6.57. The molecule has 3 heteroatoms. The van der Waals surface area contributed by atoms with Crippen molar-refractivity contribution in [2.75, 3.05) is 13.2 Å². The Kier molecular flexibility index (Phi) is 2.44. The monoisotopic (exact) mass is 156 g/mol. The van der Waals surface area contributed by atoms with E-state index in [0.717, 1.165) is 0 Å². The average Bonchev–Trinajstić information content (AvgIpc) is 2.05. The third-order valence-corrected chi connectivity index (χ3v) is 1.93. The zero-order valence-electron chi connectivity index (χ0n) is 6.14. The summed E-state index contributed by atoms with van der Waals surface area (Å²) in [6.45, 7) is -0.517. The lowest BCUT2D eigenvalue weighted by molar-refractivity contribution is -0.0236. The summed E-state index contributed by atoms with van der Waals surface area (Å²) in [7, 11) is 0. The lowest BCUT2D eigenvalue weighted by Gasteiger charge is -2.30. The molecule has 1 aliphatic carbocycles. The second kappa shape index (κ2) is 3.17. The van der Waals surface area contributed by atoms with Gasteiger partial charge in [-0.25, -0.2) is 0 Å². The highest BCUT2D eigenvalue weighted by Crippen LogP contribution is 2.23. The molecular formula is C8H12O3. The highest BCUT2D eigenvalue weighted by atomic mass is 16.3. The van der Waals surface area contributed by atoms with E-state index in [1.165, 1.54) is 6.08 Å². The van der Waals surface area contributed by atoms with Gasteiger partial charge in [0.2, 0.25) is 0 Å². The van der Waals surface area contributed by atoms with Gasteiger partial charge in [0, 0.05) is 5.92 Å². The first kappa shape index (κ1) is 8.46. The minimum Gasteiger partial charge on any atom is -0.396 e. The molecule has 0 saturated heterocycles. The average molecular weight is 156 g/mol. The van der Waals surface area contributed by atoms with Gasteiger partial charge in [-0.2, -0.15) is 0 Å². The molecule has 2 atom stereocenters. The van der Waals surface area contributed by atoms with E-state index in [4.69, 9.17) is 10.2 Å². The summed E-state index contributed by atoms with van der Waals surface area (Å²) in [5.41, 5.74) is -1.27. The van der Waals surface area contributed by atoms with Crippen LogP contribution in [0, 0.1) is 5.92 Å². The summed E-state index contributed by atoms with van der Waals surface area (Å²) < 4.78 is 0. The molecule has 0 amide bonds. The zero-order chi connectivity index (χ0) is 8.32. The maximum atomic E-state index is 9.59. The van der Waals surface area contributed by atoms with E-state index in [-0.39, 0.29) is 13.2 Å². The number of aliphatic hydroxyl groups is 3. The fourth-order valence-corrected chi connectivity index (χ4v) is 1.10. The fourth-order valence-electron chi connectivity index (χ4n) is 1.10. The number of allylic oxidation sites excluding steroid dienone is 2. The molecule has 1 aliphatic rings. The van der Waals surface area contributed by atoms with Gasteiger partial charge in [0.25, 0.3) is 0 Å². The maximum absolute atomic E-state index is 9.59. The van der Waals surface area contributed by atoms with E-state index in [0.29, 0.717) is 0 Å². The first-order valence-electron chi connectivity index (χ1n) is 3.53. The van der Waals surface area contributed by atoms with E-state index in [1.54, 1.807) is 18.2 Å². The Balaban J connectivity index is 2.77. The highest BCUT2D eigenvalue weighted by Gasteiger charge is 2.32. The van der Waals surface area contributed by atoms with Crippen molar-refractivity contribution >= 4 is 0 Å². The molecule has 0 aromatic rings. The van der Waals surface area contributed by atoms with Crippen LogP contribution in [0.25, 0.3) is 0 Å². The summed E-state index contributed by atoms with van der Waals surface area (Å²) in [4.78, 5) is 0. The molecule has 3 nitrogen and oxygen atoms in total. The lowest BCUT2D eigenvalue weighted by atomic mass is 9.85. The zero-order valence-corrected chi connectivity index (χ0v) is 6.14. The molecule has 0 aromatic carbocycles. The number of hydrogen-bond acceptors (Lipinski definition) is 3. The summed E-state index contributed by atoms with van der Waals surface area (Å²) in [6, 6.07) is 0. The van der Waals surface area contributed by atoms with E-state index in [2.05, 4.69) is 0 Å². The smallest absolute Gasteiger partial charge is 0.114 e. The van der Waals surface area contributed by atoms with Crippen molar-refractivity contribution in [3.8, 4) is 0 Å². The first-order valence-corrected chi connectivity index (χ1v) is 3.53. The lowest BCUT2D eigenvalue weighted by Crippen LogP contribution is -2.41. The molecule has 0 bridgehead atoms. The van der Waals surface area contributed by atoms with Crippen molar-refractivity contribution in [3.63, 3.8) is 0 Å². The van der Waals surface area contributed by atoms with Crippen LogP contribution in [0.3, 0.4) is 0 Å². The molecule has 0 aromatic heterocycles. The van der Waals surface area contributed by atoms with Crippen molar-refractivity contribution in [1.82, 2.24) is 0 Å². The minimum atomic E-state index is -1.27. The van der Waals surface area contributed by atoms with Gasteiger partial charge in [-0.15, -0.1) is 0 Å². The van der Waals surface area contributed by atoms with Crippen LogP contribution in [-0.4, -0.2) is 34.1 Å². The Hall–Kier alpha value is -0.640. The Morgan fingerprint density at radius 2 is 2.00 bits per heavy atom. The maximum Gasteiger partial charge on any atom is 0.114 e. The van der Waals surface area contributed by atoms with Gasteiger partial charge in [-0.1, -0.05) is 24.3 Å². The molecule has 62 valence electrons. The first-order chi connectivity index (χ1) is 5.23. The van der Waals surface area contributed by atoms with Crippen molar-refractivity contribution in [2.45, 2.75) is 5.60 Å². The molecule has 2 unspecified atom stereocenters. The van der Waals surface area contributed by atoms with Crippen molar-refractivity contribution < 1.29 is 15.3 Å². The largest absolute Gasteiger partial charge is 0.396 e. The molecule has 11 heavy (non-hydrogen) atoms. The van der Waals surface area contributed by atoms with Gasteiger partial charge in [0.1, 0.15) is 5.60 Å². The quantitative estimate of drug-likeness (QED) is 0.502. The van der Waals surface area contributed by atoms with Crippen LogP contribution in [0.1, 0.15) is 0 Å². The highest BCUT2D eigenvalue weighted by molar-refractivity contribution is 5.21. The number of hydrogen-bond donors (Lipinski definition) is 3. The van der Waals surface area contributed by atoms with Crippen LogP contribution < -0.4 is 0 Å². The molecule has 0 spiro atoms. The summed E-state index contributed by atoms with van der Waals surface area (Å²) >= 11 is 0. The van der Waals surface area contributed by atoms with Gasteiger partial charge in [0.05, 0.1) is 13.2 Å². The van der Waals surface area contributed by atoms with Crippen LogP contribution >= 0.6 is 0 Å². The van der Waals surface area contributed by atoms with Gasteiger partial charge < -0.3 is 15.3 Å². The number of aliphatic hydroxyl groups excluding tert-OH is 2. The molecule has 0 saturated carbocycles. The van der Waals surface area contributed by atoms with Crippen LogP contribution in [0.4, 0.5) is 0 Å². The number of rotatable bonds is 2. The predicted molar refractivity (Wildman–Crippen MR) is 40.9 cm³/mol. The van der Waals surface area contributed by atoms with E-state index in [9.17, 15) is 5.11 Å². The third kappa shape index (κ3) is 1.50. The molecule has 0 radical (unpaired) electrons. The van der Waals surface area contributed by atoms with Crippen molar-refractivity contribution in [1.29, 1.82) is 0 Å². The molecular weight excluding hydrogens is 144 g/mol. The fraction of sp³-hybridized carbons (Fsp3) is 0.500. The van der Waals surface area contributed by atoms with E-state index < -0.39 is 11.5 Å². The van der Waals surface area contributed by atoms with Gasteiger partial charge in [0.15, 0.2) is 0 Å². The Morgan fingerprint density at radius 3 is 2.45 bits per heavy atom. The predicted octanol–water partition coefficient (Wildman–Crippen LogP) is -0.556. The van der Waals surface area contributed by atoms with Crippen molar-refractivity contribution in [2.24, 2.45) is 5.92 Å². The SMILES string of the molecule is OCC1C=CC=CC1(O)CO. The van der Waals surface area contributed by atoms with Gasteiger partial charge in [-0.3, -0.25) is 0 Å². The second-order valence-corrected chi connectivity index (χ2v) is 2.68. The normalized spacial score (nSPS) is 36.1. The second-order valence-electron chi connectivity index (χ2n) is 2.68. The van der Waals surface area contributed by atoms with Gasteiger partial charge in [-0.05, 0) is 0 Å². The van der Waals surface area contributed by atoms with Crippen LogP contribution in [0.5, 0.6) is 0 Å². The van der Waals surface area contributed by atoms with Crippen LogP contribution in [0.2, 0.25) is 0 Å². The third-order valence-electron chi connectivity index (χ3n) is 1.93. The molecule has 0 fully saturated rings. The van der Waals surface area contributed by atoms with E-state index >= 15 is 0 Å². The minimum absolute atomic E-state index is 0.155. The van der Waals surface area contributed by atoms with Gasteiger partial charge >= 0.3 is 0 Å². The summed E-state index contributed by atoms with van der Waals surface area (Å²) in [5, 5.41) is 27.2. The Labute approximate surface area is 65.3 Å². The molecule has 0 heterocycles. The van der Waals surface area contributed by atoms with Crippen LogP contribution in [0.15, 0.2) is 24.3 Å². The van der Waals surface area contributed by atoms with E-state index in [1.807, 2.05) is 0 Å². The molecule has 1 rings (SSSR count). The van der Waals surface area contributed by atoms with Crippen LogP contribution in [-0.2, 0) is 0 Å². The Morgan fingerprint density at radius 1 is 1.27 bits per heavy atom. The Bertz CT molecular complexity index is 186. The molecule has 3 N–H and O–H groups in total. The molecule has 0 aliphatic heterocycles. The summed E-state index contributed by atoms with van der Waals surface area (Å²) in [5.74, 6) is -0.391. The standard InChI is InChI=1S/C8H12O3/c9-5-7-3-1-2-4-8(7,11)6-10/h1-4,7,9-11H,5-6H2. The topological polar surface area (TPSA) is 60.7 Å².